The zero-order chi connectivity index (χ0) is 13.4. The smallest absolute Gasteiger partial charge is 0.240 e. The second kappa shape index (κ2) is 7.71. The van der Waals surface area contributed by atoms with Crippen molar-refractivity contribution in [3.63, 3.8) is 0 Å². The number of amides is 1. The van der Waals surface area contributed by atoms with Gasteiger partial charge in [-0.25, -0.2) is 0 Å². The topological polar surface area (TPSA) is 67.6 Å². The van der Waals surface area contributed by atoms with E-state index in [1.807, 2.05) is 0 Å². The molecule has 0 aliphatic carbocycles. The average Bonchev–Trinajstić information content (AvgIpc) is 2.39. The fourth-order valence-electron chi connectivity index (χ4n) is 2.18. The van der Waals surface area contributed by atoms with Crippen molar-refractivity contribution < 1.29 is 9.53 Å². The molecule has 5 heteroatoms. The summed E-state index contributed by atoms with van der Waals surface area (Å²) in [7, 11) is 0. The van der Waals surface area contributed by atoms with Gasteiger partial charge in [0, 0.05) is 19.8 Å². The molecule has 1 amide bonds. The van der Waals surface area contributed by atoms with E-state index in [-0.39, 0.29) is 5.91 Å². The lowest BCUT2D eigenvalue weighted by molar-refractivity contribution is -0.129. The van der Waals surface area contributed by atoms with Crippen molar-refractivity contribution in [1.29, 1.82) is 0 Å². The second-order valence-corrected chi connectivity index (χ2v) is 4.90. The quantitative estimate of drug-likeness (QED) is 0.646. The van der Waals surface area contributed by atoms with Gasteiger partial charge in [-0.2, -0.15) is 0 Å². The molecular weight excluding hydrogens is 230 g/mol. The molecule has 1 aliphatic heterocycles. The molecule has 0 aromatic carbocycles. The van der Waals surface area contributed by atoms with Crippen LogP contribution in [0.25, 0.3) is 0 Å². The van der Waals surface area contributed by atoms with Gasteiger partial charge in [-0.05, 0) is 38.9 Å². The first-order chi connectivity index (χ1) is 8.62. The SMILES string of the molecule is CCN(CC)CCCNC(=O)C1(N)CCOCC1. The van der Waals surface area contributed by atoms with Crippen molar-refractivity contribution in [3.8, 4) is 0 Å². The van der Waals surface area contributed by atoms with Gasteiger partial charge < -0.3 is 20.7 Å². The van der Waals surface area contributed by atoms with Gasteiger partial charge in [0.2, 0.25) is 5.91 Å². The molecule has 0 saturated carbocycles. The largest absolute Gasteiger partial charge is 0.381 e. The maximum absolute atomic E-state index is 12.0. The molecule has 0 unspecified atom stereocenters. The molecule has 0 atom stereocenters. The van der Waals surface area contributed by atoms with Crippen molar-refractivity contribution in [2.45, 2.75) is 38.6 Å². The Morgan fingerprint density at radius 3 is 2.50 bits per heavy atom. The zero-order valence-electron chi connectivity index (χ0n) is 11.7. The first-order valence-electron chi connectivity index (χ1n) is 6.99. The summed E-state index contributed by atoms with van der Waals surface area (Å²) in [6.45, 7) is 9.32. The predicted octanol–water partition coefficient (Wildman–Crippen LogP) is 0.342. The van der Waals surface area contributed by atoms with Crippen LogP contribution in [0, 0.1) is 0 Å². The molecule has 0 spiro atoms. The maximum atomic E-state index is 12.0. The van der Waals surface area contributed by atoms with E-state index in [4.69, 9.17) is 10.5 Å². The molecule has 1 rings (SSSR count). The van der Waals surface area contributed by atoms with E-state index in [2.05, 4.69) is 24.1 Å². The number of hydrogen-bond donors (Lipinski definition) is 2. The highest BCUT2D eigenvalue weighted by Crippen LogP contribution is 2.17. The van der Waals surface area contributed by atoms with E-state index in [0.29, 0.717) is 32.6 Å². The van der Waals surface area contributed by atoms with Crippen LogP contribution in [0.2, 0.25) is 0 Å². The number of hydrogen-bond acceptors (Lipinski definition) is 4. The first kappa shape index (κ1) is 15.4. The molecule has 1 heterocycles. The molecule has 1 fully saturated rings. The number of carbonyl (C=O) groups is 1. The van der Waals surface area contributed by atoms with Crippen molar-refractivity contribution in [2.24, 2.45) is 5.73 Å². The van der Waals surface area contributed by atoms with Crippen LogP contribution in [0.15, 0.2) is 0 Å². The normalized spacial score (nSPS) is 18.9. The van der Waals surface area contributed by atoms with Gasteiger partial charge in [0.15, 0.2) is 0 Å². The number of nitrogens with zero attached hydrogens (tertiary/aromatic N) is 1. The summed E-state index contributed by atoms with van der Waals surface area (Å²) in [4.78, 5) is 14.3. The minimum atomic E-state index is -0.715. The number of ether oxygens (including phenoxy) is 1. The van der Waals surface area contributed by atoms with E-state index in [9.17, 15) is 4.79 Å². The van der Waals surface area contributed by atoms with Crippen molar-refractivity contribution in [2.75, 3.05) is 39.4 Å². The van der Waals surface area contributed by atoms with Gasteiger partial charge in [0.25, 0.3) is 0 Å². The Morgan fingerprint density at radius 1 is 1.33 bits per heavy atom. The molecule has 5 nitrogen and oxygen atoms in total. The molecule has 0 bridgehead atoms. The standard InChI is InChI=1S/C13H27N3O2/c1-3-16(4-2)9-5-8-15-12(17)13(14)6-10-18-11-7-13/h3-11,14H2,1-2H3,(H,15,17). The summed E-state index contributed by atoms with van der Waals surface area (Å²) in [5.74, 6) is -0.0228. The average molecular weight is 257 g/mol. The Hall–Kier alpha value is -0.650. The number of rotatable bonds is 7. The summed E-state index contributed by atoms with van der Waals surface area (Å²) < 4.78 is 5.23. The second-order valence-electron chi connectivity index (χ2n) is 4.90. The molecule has 0 aromatic heterocycles. The third-order valence-electron chi connectivity index (χ3n) is 3.67. The monoisotopic (exact) mass is 257 g/mol. The molecule has 3 N–H and O–H groups in total. The molecule has 0 radical (unpaired) electrons. The van der Waals surface area contributed by atoms with Crippen molar-refractivity contribution in [3.05, 3.63) is 0 Å². The summed E-state index contributed by atoms with van der Waals surface area (Å²) in [5, 5.41) is 2.95. The van der Waals surface area contributed by atoms with Gasteiger partial charge in [-0.1, -0.05) is 13.8 Å². The van der Waals surface area contributed by atoms with Crippen LogP contribution < -0.4 is 11.1 Å². The summed E-state index contributed by atoms with van der Waals surface area (Å²) in [5.41, 5.74) is 5.38. The van der Waals surface area contributed by atoms with Crippen molar-refractivity contribution >= 4 is 5.91 Å². The summed E-state index contributed by atoms with van der Waals surface area (Å²) in [6, 6.07) is 0. The van der Waals surface area contributed by atoms with Crippen LogP contribution in [0.3, 0.4) is 0 Å². The van der Waals surface area contributed by atoms with E-state index in [1.165, 1.54) is 0 Å². The molecule has 0 aromatic rings. The number of carbonyl (C=O) groups excluding carboxylic acids is 1. The van der Waals surface area contributed by atoms with Gasteiger partial charge in [-0.15, -0.1) is 0 Å². The third-order valence-corrected chi connectivity index (χ3v) is 3.67. The van der Waals surface area contributed by atoms with Crippen molar-refractivity contribution in [1.82, 2.24) is 10.2 Å². The van der Waals surface area contributed by atoms with Gasteiger partial charge in [0.05, 0.1) is 5.54 Å². The van der Waals surface area contributed by atoms with E-state index in [0.717, 1.165) is 26.1 Å². The third kappa shape index (κ3) is 4.55. The van der Waals surface area contributed by atoms with Gasteiger partial charge in [-0.3, -0.25) is 4.79 Å². The van der Waals surface area contributed by atoms with Crippen LogP contribution >= 0.6 is 0 Å². The highest BCUT2D eigenvalue weighted by atomic mass is 16.5. The number of nitrogens with two attached hydrogens (primary N) is 1. The zero-order valence-corrected chi connectivity index (χ0v) is 11.7. The number of nitrogens with one attached hydrogen (secondary N) is 1. The predicted molar refractivity (Wildman–Crippen MR) is 72.4 cm³/mol. The first-order valence-corrected chi connectivity index (χ1v) is 6.99. The Bertz CT molecular complexity index is 249. The molecular formula is C13H27N3O2. The lowest BCUT2D eigenvalue weighted by Crippen LogP contribution is -2.57. The van der Waals surface area contributed by atoms with Crippen LogP contribution in [0.4, 0.5) is 0 Å². The minimum absolute atomic E-state index is 0.0228. The van der Waals surface area contributed by atoms with E-state index >= 15 is 0 Å². The summed E-state index contributed by atoms with van der Waals surface area (Å²) in [6.07, 6.45) is 2.21. The van der Waals surface area contributed by atoms with Crippen LogP contribution in [-0.4, -0.2) is 55.7 Å². The fourth-order valence-corrected chi connectivity index (χ4v) is 2.18. The summed E-state index contributed by atoms with van der Waals surface area (Å²) >= 11 is 0. The maximum Gasteiger partial charge on any atom is 0.240 e. The van der Waals surface area contributed by atoms with E-state index in [1.54, 1.807) is 0 Å². The van der Waals surface area contributed by atoms with Crippen LogP contribution in [-0.2, 0) is 9.53 Å². The minimum Gasteiger partial charge on any atom is -0.381 e. The Morgan fingerprint density at radius 2 is 1.94 bits per heavy atom. The molecule has 1 aliphatic rings. The highest BCUT2D eigenvalue weighted by molar-refractivity contribution is 5.86. The Labute approximate surface area is 110 Å². The van der Waals surface area contributed by atoms with Crippen LogP contribution in [0.1, 0.15) is 33.1 Å². The fraction of sp³-hybridized carbons (Fsp3) is 0.923. The molecule has 1 saturated heterocycles. The lowest BCUT2D eigenvalue weighted by Gasteiger charge is -2.31. The Balaban J connectivity index is 2.20. The van der Waals surface area contributed by atoms with Gasteiger partial charge in [0.1, 0.15) is 0 Å². The molecule has 18 heavy (non-hydrogen) atoms. The Kier molecular flexibility index (Phi) is 6.60. The molecule has 106 valence electrons. The van der Waals surface area contributed by atoms with Gasteiger partial charge >= 0.3 is 0 Å². The lowest BCUT2D eigenvalue weighted by atomic mass is 9.90. The van der Waals surface area contributed by atoms with Crippen LogP contribution in [0.5, 0.6) is 0 Å². The van der Waals surface area contributed by atoms with E-state index < -0.39 is 5.54 Å². The highest BCUT2D eigenvalue weighted by Gasteiger charge is 2.35.